The Morgan fingerprint density at radius 2 is 2.21 bits per heavy atom. The molecule has 0 aliphatic heterocycles. The minimum atomic E-state index is -3.12. The van der Waals surface area contributed by atoms with Crippen LogP contribution < -0.4 is 0 Å². The molecule has 0 aliphatic carbocycles. The van der Waals surface area contributed by atoms with Crippen molar-refractivity contribution in [2.45, 2.75) is 13.3 Å². The van der Waals surface area contributed by atoms with Gasteiger partial charge in [-0.25, -0.2) is 13.6 Å². The summed E-state index contributed by atoms with van der Waals surface area (Å²) in [7, 11) is 1.29. The van der Waals surface area contributed by atoms with E-state index in [0.717, 1.165) is 6.21 Å². The van der Waals surface area contributed by atoms with Crippen LogP contribution in [-0.2, 0) is 9.53 Å². The van der Waals surface area contributed by atoms with Crippen molar-refractivity contribution in [3.05, 3.63) is 11.3 Å². The zero-order valence-electron chi connectivity index (χ0n) is 7.83. The molecule has 0 amide bonds. The van der Waals surface area contributed by atoms with E-state index in [2.05, 4.69) is 9.73 Å². The molecule has 0 rings (SSSR count). The summed E-state index contributed by atoms with van der Waals surface area (Å²) in [6.07, 6.45) is -2.29. The number of aliphatic imine (C=N–C) groups is 1. The molecule has 0 atom stereocenters. The van der Waals surface area contributed by atoms with Crippen LogP contribution in [0.3, 0.4) is 0 Å². The van der Waals surface area contributed by atoms with E-state index in [4.69, 9.17) is 5.11 Å². The van der Waals surface area contributed by atoms with Crippen LogP contribution in [0.1, 0.15) is 6.92 Å². The molecule has 14 heavy (non-hydrogen) atoms. The predicted molar refractivity (Wildman–Crippen MR) is 46.7 cm³/mol. The van der Waals surface area contributed by atoms with Gasteiger partial charge in [0.1, 0.15) is 5.57 Å². The quantitative estimate of drug-likeness (QED) is 0.327. The van der Waals surface area contributed by atoms with Crippen molar-refractivity contribution in [1.29, 1.82) is 0 Å². The standard InChI is InChI=1S/C8H11F2NO3/c1-3-14-8(13)5(4-11-2)6(12)7(9)10/h4,7,12H,3H2,1-2H3. The van der Waals surface area contributed by atoms with Crippen LogP contribution in [0, 0.1) is 0 Å². The first-order valence-corrected chi connectivity index (χ1v) is 3.85. The van der Waals surface area contributed by atoms with Gasteiger partial charge in [-0.15, -0.1) is 0 Å². The SMILES string of the molecule is CCOC(=O)C(C=NC)=C(O)C(F)F. The second-order valence-corrected chi connectivity index (χ2v) is 2.21. The average Bonchev–Trinajstić information content (AvgIpc) is 2.13. The highest BCUT2D eigenvalue weighted by atomic mass is 19.3. The van der Waals surface area contributed by atoms with Gasteiger partial charge in [0, 0.05) is 13.3 Å². The number of allylic oxidation sites excluding steroid dienone is 1. The molecule has 0 aromatic carbocycles. The van der Waals surface area contributed by atoms with Gasteiger partial charge < -0.3 is 9.84 Å². The predicted octanol–water partition coefficient (Wildman–Crippen LogP) is 1.33. The van der Waals surface area contributed by atoms with E-state index in [1.807, 2.05) is 0 Å². The van der Waals surface area contributed by atoms with Crippen LogP contribution in [0.15, 0.2) is 16.3 Å². The lowest BCUT2D eigenvalue weighted by atomic mass is 10.2. The van der Waals surface area contributed by atoms with Crippen molar-refractivity contribution in [2.24, 2.45) is 4.99 Å². The topological polar surface area (TPSA) is 58.9 Å². The Morgan fingerprint density at radius 1 is 1.64 bits per heavy atom. The maximum absolute atomic E-state index is 12.0. The van der Waals surface area contributed by atoms with Crippen molar-refractivity contribution in [1.82, 2.24) is 0 Å². The van der Waals surface area contributed by atoms with Crippen LogP contribution in [0.2, 0.25) is 0 Å². The summed E-state index contributed by atoms with van der Waals surface area (Å²) < 4.78 is 28.5. The van der Waals surface area contributed by atoms with Crippen LogP contribution in [-0.4, -0.2) is 37.4 Å². The minimum Gasteiger partial charge on any atom is -0.506 e. The average molecular weight is 207 g/mol. The Morgan fingerprint density at radius 3 is 2.57 bits per heavy atom. The molecule has 80 valence electrons. The van der Waals surface area contributed by atoms with Crippen LogP contribution >= 0.6 is 0 Å². The summed E-state index contributed by atoms with van der Waals surface area (Å²) in [5, 5.41) is 8.85. The van der Waals surface area contributed by atoms with Crippen molar-refractivity contribution in [3.63, 3.8) is 0 Å². The molecule has 0 fully saturated rings. The van der Waals surface area contributed by atoms with Crippen molar-refractivity contribution in [2.75, 3.05) is 13.7 Å². The zero-order valence-corrected chi connectivity index (χ0v) is 7.83. The number of aliphatic hydroxyl groups excluding tert-OH is 1. The van der Waals surface area contributed by atoms with Crippen LogP contribution in [0.25, 0.3) is 0 Å². The second-order valence-electron chi connectivity index (χ2n) is 2.21. The van der Waals surface area contributed by atoms with Crippen molar-refractivity contribution < 1.29 is 23.4 Å². The molecule has 0 aliphatic rings. The Kier molecular flexibility index (Phi) is 5.43. The first-order chi connectivity index (χ1) is 6.54. The number of ether oxygens (including phenoxy) is 1. The summed E-state index contributed by atoms with van der Waals surface area (Å²) >= 11 is 0. The van der Waals surface area contributed by atoms with Gasteiger partial charge in [-0.1, -0.05) is 0 Å². The van der Waals surface area contributed by atoms with Gasteiger partial charge in [-0.05, 0) is 6.92 Å². The van der Waals surface area contributed by atoms with Crippen molar-refractivity contribution >= 4 is 12.2 Å². The van der Waals surface area contributed by atoms with Gasteiger partial charge in [-0.2, -0.15) is 0 Å². The third-order valence-electron chi connectivity index (χ3n) is 1.24. The third kappa shape index (κ3) is 3.51. The molecular weight excluding hydrogens is 196 g/mol. The Bertz CT molecular complexity index is 261. The smallest absolute Gasteiger partial charge is 0.343 e. The molecule has 0 aromatic rings. The van der Waals surface area contributed by atoms with E-state index < -0.39 is 23.7 Å². The van der Waals surface area contributed by atoms with E-state index >= 15 is 0 Å². The van der Waals surface area contributed by atoms with Crippen LogP contribution in [0.5, 0.6) is 0 Å². The Balaban J connectivity index is 4.93. The highest BCUT2D eigenvalue weighted by Crippen LogP contribution is 2.11. The fraction of sp³-hybridized carbons (Fsp3) is 0.500. The molecule has 0 bridgehead atoms. The van der Waals surface area contributed by atoms with Crippen LogP contribution in [0.4, 0.5) is 8.78 Å². The maximum Gasteiger partial charge on any atom is 0.343 e. The van der Waals surface area contributed by atoms with Gasteiger partial charge >= 0.3 is 5.97 Å². The summed E-state index contributed by atoms with van der Waals surface area (Å²) in [6, 6.07) is 0. The number of rotatable bonds is 4. The molecule has 0 aromatic heterocycles. The van der Waals surface area contributed by atoms with E-state index in [1.165, 1.54) is 14.0 Å². The van der Waals surface area contributed by atoms with E-state index in [9.17, 15) is 13.6 Å². The molecule has 0 saturated carbocycles. The largest absolute Gasteiger partial charge is 0.506 e. The Hall–Kier alpha value is -1.46. The Labute approximate surface area is 79.9 Å². The number of hydrogen-bond acceptors (Lipinski definition) is 4. The van der Waals surface area contributed by atoms with Gasteiger partial charge in [0.2, 0.25) is 0 Å². The van der Waals surface area contributed by atoms with E-state index in [1.54, 1.807) is 0 Å². The fourth-order valence-corrected chi connectivity index (χ4v) is 0.679. The number of carbonyl (C=O) groups is 1. The summed E-state index contributed by atoms with van der Waals surface area (Å²) in [5.41, 5.74) is -0.621. The van der Waals surface area contributed by atoms with Gasteiger partial charge in [0.25, 0.3) is 6.43 Å². The molecule has 0 spiro atoms. The van der Waals surface area contributed by atoms with Gasteiger partial charge in [0.15, 0.2) is 5.76 Å². The summed E-state index contributed by atoms with van der Waals surface area (Å²) in [5.74, 6) is -2.34. The number of esters is 1. The molecular formula is C8H11F2NO3. The van der Waals surface area contributed by atoms with E-state index in [-0.39, 0.29) is 6.61 Å². The maximum atomic E-state index is 12.0. The zero-order chi connectivity index (χ0) is 11.1. The van der Waals surface area contributed by atoms with Gasteiger partial charge in [0.05, 0.1) is 6.61 Å². The number of hydrogen-bond donors (Lipinski definition) is 1. The summed E-state index contributed by atoms with van der Waals surface area (Å²) in [4.78, 5) is 14.4. The highest BCUT2D eigenvalue weighted by Gasteiger charge is 2.20. The molecule has 1 N–H and O–H groups in total. The number of aliphatic hydroxyl groups is 1. The monoisotopic (exact) mass is 207 g/mol. The first-order valence-electron chi connectivity index (χ1n) is 3.85. The molecule has 0 heterocycles. The highest BCUT2D eigenvalue weighted by molar-refractivity contribution is 6.09. The fourth-order valence-electron chi connectivity index (χ4n) is 0.679. The molecule has 0 saturated heterocycles. The first kappa shape index (κ1) is 12.5. The molecule has 0 radical (unpaired) electrons. The van der Waals surface area contributed by atoms with Crippen molar-refractivity contribution in [3.8, 4) is 0 Å². The minimum absolute atomic E-state index is 0.0381. The lowest BCUT2D eigenvalue weighted by molar-refractivity contribution is -0.138. The number of alkyl halides is 2. The normalized spacial score (nSPS) is 13.2. The lowest BCUT2D eigenvalue weighted by Gasteiger charge is -2.04. The third-order valence-corrected chi connectivity index (χ3v) is 1.24. The summed E-state index contributed by atoms with van der Waals surface area (Å²) in [6.45, 7) is 1.56. The number of carbonyl (C=O) groups excluding carboxylic acids is 1. The molecule has 0 unspecified atom stereocenters. The molecule has 6 heteroatoms. The van der Waals surface area contributed by atoms with Gasteiger partial charge in [-0.3, -0.25) is 4.99 Å². The molecule has 4 nitrogen and oxygen atoms in total. The number of nitrogens with zero attached hydrogens (tertiary/aromatic N) is 1. The lowest BCUT2D eigenvalue weighted by Crippen LogP contribution is -2.14. The van der Waals surface area contributed by atoms with E-state index in [0.29, 0.717) is 0 Å². The number of halogens is 2. The second kappa shape index (κ2) is 6.06.